The van der Waals surface area contributed by atoms with Gasteiger partial charge in [0.2, 0.25) is 0 Å². The predicted octanol–water partition coefficient (Wildman–Crippen LogP) is 5.25. The summed E-state index contributed by atoms with van der Waals surface area (Å²) >= 11 is 6.10. The maximum absolute atomic E-state index is 12.6. The lowest BCUT2D eigenvalue weighted by molar-refractivity contribution is -0.122. The Morgan fingerprint density at radius 1 is 0.968 bits per heavy atom. The summed E-state index contributed by atoms with van der Waals surface area (Å²) in [4.78, 5) is 12.7. The van der Waals surface area contributed by atoms with Crippen molar-refractivity contribution >= 4 is 38.9 Å². The Balaban J connectivity index is 1.67. The van der Waals surface area contributed by atoms with Gasteiger partial charge in [-0.3, -0.25) is 9.52 Å². The normalized spacial score (nSPS) is 12.1. The Bertz CT molecular complexity index is 1150. The molecule has 0 fully saturated rings. The van der Waals surface area contributed by atoms with Gasteiger partial charge in [-0.05, 0) is 61.9 Å². The molecule has 0 aromatic heterocycles. The van der Waals surface area contributed by atoms with Gasteiger partial charge in [-0.25, -0.2) is 8.42 Å². The molecular formula is C23H23ClN2O4S. The van der Waals surface area contributed by atoms with Crippen LogP contribution in [0.4, 0.5) is 11.4 Å². The molecule has 1 amide bonds. The molecule has 2 N–H and O–H groups in total. The lowest BCUT2D eigenvalue weighted by atomic mass is 10.2. The second-order valence-electron chi connectivity index (χ2n) is 6.93. The molecule has 0 unspecified atom stereocenters. The van der Waals surface area contributed by atoms with E-state index in [1.165, 1.54) is 24.3 Å². The monoisotopic (exact) mass is 458 g/mol. The van der Waals surface area contributed by atoms with E-state index in [2.05, 4.69) is 10.0 Å². The fraction of sp³-hybridized carbons (Fsp3) is 0.174. The van der Waals surface area contributed by atoms with E-state index in [0.29, 0.717) is 28.6 Å². The molecule has 31 heavy (non-hydrogen) atoms. The Morgan fingerprint density at radius 3 is 2.19 bits per heavy atom. The number of amides is 1. The molecule has 0 aliphatic heterocycles. The van der Waals surface area contributed by atoms with Crippen molar-refractivity contribution in [2.45, 2.75) is 31.3 Å². The summed E-state index contributed by atoms with van der Waals surface area (Å²) in [5, 5.41) is 3.17. The summed E-state index contributed by atoms with van der Waals surface area (Å²) in [5.74, 6) is 0.0746. The maximum atomic E-state index is 12.6. The summed E-state index contributed by atoms with van der Waals surface area (Å²) in [5.41, 5.74) is 1.97. The first kappa shape index (κ1) is 22.7. The molecule has 0 spiro atoms. The van der Waals surface area contributed by atoms with E-state index in [1.807, 2.05) is 26.0 Å². The first-order chi connectivity index (χ1) is 14.8. The zero-order valence-electron chi connectivity index (χ0n) is 17.1. The van der Waals surface area contributed by atoms with Crippen LogP contribution in [-0.2, 0) is 14.8 Å². The first-order valence-corrected chi connectivity index (χ1v) is 11.6. The molecular weight excluding hydrogens is 436 g/mol. The SMILES string of the molecule is CC[C@H](Oc1ccccc1Cl)C(=O)Nc1ccc(S(=O)(=O)Nc2ccc(C)cc2)cc1. The highest BCUT2D eigenvalue weighted by molar-refractivity contribution is 7.92. The van der Waals surface area contributed by atoms with E-state index in [1.54, 1.807) is 36.4 Å². The van der Waals surface area contributed by atoms with Crippen molar-refractivity contribution in [1.82, 2.24) is 0 Å². The predicted molar refractivity (Wildman–Crippen MR) is 123 cm³/mol. The van der Waals surface area contributed by atoms with Gasteiger partial charge in [0, 0.05) is 11.4 Å². The summed E-state index contributed by atoms with van der Waals surface area (Å²) in [6.45, 7) is 3.75. The number of rotatable bonds is 8. The van der Waals surface area contributed by atoms with Gasteiger partial charge < -0.3 is 10.1 Å². The quantitative estimate of drug-likeness (QED) is 0.483. The molecule has 3 aromatic rings. The molecule has 0 aliphatic rings. The van der Waals surface area contributed by atoms with Crippen molar-refractivity contribution < 1.29 is 17.9 Å². The number of carbonyl (C=O) groups is 1. The van der Waals surface area contributed by atoms with Crippen LogP contribution in [0.15, 0.2) is 77.7 Å². The fourth-order valence-electron chi connectivity index (χ4n) is 2.79. The van der Waals surface area contributed by atoms with Crippen molar-refractivity contribution in [3.05, 3.63) is 83.4 Å². The van der Waals surface area contributed by atoms with Crippen LogP contribution in [-0.4, -0.2) is 20.4 Å². The third-order valence-electron chi connectivity index (χ3n) is 4.51. The molecule has 0 aliphatic carbocycles. The van der Waals surface area contributed by atoms with Crippen molar-refractivity contribution in [3.8, 4) is 5.75 Å². The number of anilines is 2. The molecule has 0 radical (unpaired) electrons. The number of benzene rings is 3. The van der Waals surface area contributed by atoms with Gasteiger partial charge in [0.25, 0.3) is 15.9 Å². The van der Waals surface area contributed by atoms with Gasteiger partial charge in [0.1, 0.15) is 5.75 Å². The van der Waals surface area contributed by atoms with E-state index in [9.17, 15) is 13.2 Å². The summed E-state index contributed by atoms with van der Waals surface area (Å²) in [7, 11) is -3.74. The number of hydrogen-bond donors (Lipinski definition) is 2. The molecule has 3 aromatic carbocycles. The topological polar surface area (TPSA) is 84.5 Å². The number of sulfonamides is 1. The third kappa shape index (κ3) is 5.99. The van der Waals surface area contributed by atoms with Crippen molar-refractivity contribution in [2.75, 3.05) is 10.0 Å². The summed E-state index contributed by atoms with van der Waals surface area (Å²) in [6.07, 6.45) is -0.309. The zero-order chi connectivity index (χ0) is 22.4. The summed E-state index contributed by atoms with van der Waals surface area (Å²) < 4.78 is 33.4. The lowest BCUT2D eigenvalue weighted by Gasteiger charge is -2.18. The van der Waals surface area contributed by atoms with Gasteiger partial charge in [-0.2, -0.15) is 0 Å². The van der Waals surface area contributed by atoms with Crippen LogP contribution in [0.25, 0.3) is 0 Å². The number of aryl methyl sites for hydroxylation is 1. The Kier molecular flexibility index (Phi) is 7.20. The zero-order valence-corrected chi connectivity index (χ0v) is 18.7. The minimum atomic E-state index is -3.74. The maximum Gasteiger partial charge on any atom is 0.265 e. The third-order valence-corrected chi connectivity index (χ3v) is 6.21. The van der Waals surface area contributed by atoms with E-state index < -0.39 is 16.1 Å². The molecule has 6 nitrogen and oxygen atoms in total. The molecule has 0 saturated heterocycles. The number of nitrogens with one attached hydrogen (secondary N) is 2. The van der Waals surface area contributed by atoms with Crippen LogP contribution in [0.5, 0.6) is 5.75 Å². The average Bonchev–Trinajstić information content (AvgIpc) is 2.75. The van der Waals surface area contributed by atoms with Crippen LogP contribution in [0.3, 0.4) is 0 Å². The van der Waals surface area contributed by atoms with E-state index in [4.69, 9.17) is 16.3 Å². The molecule has 0 saturated carbocycles. The van der Waals surface area contributed by atoms with Crippen LogP contribution in [0.2, 0.25) is 5.02 Å². The van der Waals surface area contributed by atoms with Crippen molar-refractivity contribution in [3.63, 3.8) is 0 Å². The molecule has 0 heterocycles. The Morgan fingerprint density at radius 2 is 1.58 bits per heavy atom. The molecule has 162 valence electrons. The van der Waals surface area contributed by atoms with Gasteiger partial charge in [-0.15, -0.1) is 0 Å². The molecule has 0 bridgehead atoms. The van der Waals surface area contributed by atoms with Crippen LogP contribution in [0, 0.1) is 6.92 Å². The van der Waals surface area contributed by atoms with Crippen molar-refractivity contribution in [1.29, 1.82) is 0 Å². The fourth-order valence-corrected chi connectivity index (χ4v) is 4.03. The summed E-state index contributed by atoms with van der Waals surface area (Å²) in [6, 6.07) is 19.9. The highest BCUT2D eigenvalue weighted by Gasteiger charge is 2.20. The van der Waals surface area contributed by atoms with Crippen LogP contribution < -0.4 is 14.8 Å². The van der Waals surface area contributed by atoms with Crippen molar-refractivity contribution in [2.24, 2.45) is 0 Å². The molecule has 8 heteroatoms. The first-order valence-electron chi connectivity index (χ1n) is 9.70. The Labute approximate surface area is 187 Å². The number of hydrogen-bond acceptors (Lipinski definition) is 4. The average molecular weight is 459 g/mol. The smallest absolute Gasteiger partial charge is 0.265 e. The highest BCUT2D eigenvalue weighted by atomic mass is 35.5. The standard InChI is InChI=1S/C23H23ClN2O4S/c1-3-21(30-22-7-5-4-6-20(22)24)23(27)25-17-12-14-19(15-13-17)31(28,29)26-18-10-8-16(2)9-11-18/h4-15,21,26H,3H2,1-2H3,(H,25,27)/t21-/m0/s1. The lowest BCUT2D eigenvalue weighted by Crippen LogP contribution is -2.32. The minimum absolute atomic E-state index is 0.0884. The van der Waals surface area contributed by atoms with Gasteiger partial charge in [0.15, 0.2) is 6.10 Å². The number of halogens is 1. The molecule has 3 rings (SSSR count). The number of para-hydroxylation sites is 1. The number of ether oxygens (including phenoxy) is 1. The molecule has 1 atom stereocenters. The Hall–Kier alpha value is -3.03. The second kappa shape index (κ2) is 9.85. The van der Waals surface area contributed by atoms with Gasteiger partial charge in [-0.1, -0.05) is 48.4 Å². The van der Waals surface area contributed by atoms with E-state index in [0.717, 1.165) is 5.56 Å². The van der Waals surface area contributed by atoms with E-state index in [-0.39, 0.29) is 10.8 Å². The van der Waals surface area contributed by atoms with Crippen LogP contribution in [0.1, 0.15) is 18.9 Å². The highest BCUT2D eigenvalue weighted by Crippen LogP contribution is 2.25. The second-order valence-corrected chi connectivity index (χ2v) is 9.02. The number of carbonyl (C=O) groups excluding carboxylic acids is 1. The van der Waals surface area contributed by atoms with Gasteiger partial charge >= 0.3 is 0 Å². The van der Waals surface area contributed by atoms with Gasteiger partial charge in [0.05, 0.1) is 9.92 Å². The van der Waals surface area contributed by atoms with Crippen LogP contribution >= 0.6 is 11.6 Å². The van der Waals surface area contributed by atoms with E-state index >= 15 is 0 Å². The minimum Gasteiger partial charge on any atom is -0.479 e. The largest absolute Gasteiger partial charge is 0.479 e.